The summed E-state index contributed by atoms with van der Waals surface area (Å²) in [6, 6.07) is 21.8. The minimum atomic E-state index is -0.190. The van der Waals surface area contributed by atoms with E-state index in [0.29, 0.717) is 32.3 Å². The van der Waals surface area contributed by atoms with Crippen molar-refractivity contribution < 1.29 is 4.79 Å². The fraction of sp³-hybridized carbons (Fsp3) is 0. The molecule has 0 bridgehead atoms. The van der Waals surface area contributed by atoms with Gasteiger partial charge in [0.05, 0.1) is 21.1 Å². The van der Waals surface area contributed by atoms with Gasteiger partial charge in [-0.15, -0.1) is 0 Å². The molecular weight excluding hydrogens is 367 g/mol. The minimum absolute atomic E-state index is 0.190. The van der Waals surface area contributed by atoms with Gasteiger partial charge in [0.1, 0.15) is 11.4 Å². The van der Waals surface area contributed by atoms with E-state index in [9.17, 15) is 4.79 Å². The van der Waals surface area contributed by atoms with Crippen LogP contribution in [0.2, 0.25) is 10.0 Å². The predicted molar refractivity (Wildman–Crippen MR) is 105 cm³/mol. The van der Waals surface area contributed by atoms with Gasteiger partial charge in [-0.3, -0.25) is 4.79 Å². The SMILES string of the molecule is O=C(c1ccccc1)c1nc2cc(Cl)c(Cl)cc2nc1-c1ccccc1. The van der Waals surface area contributed by atoms with E-state index in [1.54, 1.807) is 24.3 Å². The standard InChI is InChI=1S/C21H12Cl2N2O/c22-15-11-17-18(12-16(15)23)25-20(21(26)14-9-5-2-6-10-14)19(24-17)13-7-3-1-4-8-13/h1-12H. The van der Waals surface area contributed by atoms with Gasteiger partial charge in [0.25, 0.3) is 0 Å². The normalized spacial score (nSPS) is 10.8. The molecule has 126 valence electrons. The molecule has 0 N–H and O–H groups in total. The zero-order valence-electron chi connectivity index (χ0n) is 13.5. The van der Waals surface area contributed by atoms with Crippen LogP contribution in [-0.4, -0.2) is 15.8 Å². The van der Waals surface area contributed by atoms with Gasteiger partial charge in [-0.2, -0.15) is 0 Å². The Bertz CT molecular complexity index is 1110. The van der Waals surface area contributed by atoms with Crippen molar-refractivity contribution in [1.29, 1.82) is 0 Å². The number of hydrogen-bond donors (Lipinski definition) is 0. The first-order valence-electron chi connectivity index (χ1n) is 7.95. The lowest BCUT2D eigenvalue weighted by Crippen LogP contribution is -2.08. The number of aromatic nitrogens is 2. The molecule has 0 saturated carbocycles. The summed E-state index contributed by atoms with van der Waals surface area (Å²) in [6.45, 7) is 0. The molecule has 1 heterocycles. The van der Waals surface area contributed by atoms with Gasteiger partial charge in [-0.05, 0) is 12.1 Å². The van der Waals surface area contributed by atoms with Crippen molar-refractivity contribution in [3.05, 3.63) is 94.1 Å². The van der Waals surface area contributed by atoms with Gasteiger partial charge in [0.2, 0.25) is 5.78 Å². The molecule has 26 heavy (non-hydrogen) atoms. The van der Waals surface area contributed by atoms with Crippen molar-refractivity contribution in [3.8, 4) is 11.3 Å². The van der Waals surface area contributed by atoms with E-state index >= 15 is 0 Å². The number of benzene rings is 3. The van der Waals surface area contributed by atoms with Crippen LogP contribution < -0.4 is 0 Å². The second kappa shape index (κ2) is 6.87. The number of rotatable bonds is 3. The average Bonchev–Trinajstić information content (AvgIpc) is 2.69. The van der Waals surface area contributed by atoms with Gasteiger partial charge in [-0.25, -0.2) is 9.97 Å². The van der Waals surface area contributed by atoms with Gasteiger partial charge in [0.15, 0.2) is 0 Å². The van der Waals surface area contributed by atoms with E-state index in [1.165, 1.54) is 0 Å². The van der Waals surface area contributed by atoms with Crippen molar-refractivity contribution in [2.24, 2.45) is 0 Å². The molecule has 0 aliphatic rings. The first-order chi connectivity index (χ1) is 12.6. The maximum absolute atomic E-state index is 13.1. The molecule has 4 rings (SSSR count). The summed E-state index contributed by atoms with van der Waals surface area (Å²) in [6.07, 6.45) is 0. The molecule has 3 nitrogen and oxygen atoms in total. The molecule has 0 aliphatic heterocycles. The Morgan fingerprint density at radius 3 is 1.88 bits per heavy atom. The smallest absolute Gasteiger partial charge is 0.213 e. The second-order valence-electron chi connectivity index (χ2n) is 5.74. The Hall–Kier alpha value is -2.75. The molecule has 0 aliphatic carbocycles. The molecule has 5 heteroatoms. The quantitative estimate of drug-likeness (QED) is 0.421. The van der Waals surface area contributed by atoms with E-state index in [1.807, 2.05) is 48.5 Å². The Kier molecular flexibility index (Phi) is 4.41. The van der Waals surface area contributed by atoms with E-state index in [-0.39, 0.29) is 11.5 Å². The number of carbonyl (C=O) groups is 1. The summed E-state index contributed by atoms with van der Waals surface area (Å²) in [5.74, 6) is -0.190. The third kappa shape index (κ3) is 3.07. The third-order valence-corrected chi connectivity index (χ3v) is 4.73. The summed E-state index contributed by atoms with van der Waals surface area (Å²) in [5, 5.41) is 0.772. The monoisotopic (exact) mass is 378 g/mol. The molecule has 0 amide bonds. The second-order valence-corrected chi connectivity index (χ2v) is 6.55. The van der Waals surface area contributed by atoms with E-state index in [2.05, 4.69) is 9.97 Å². The molecule has 0 fully saturated rings. The van der Waals surface area contributed by atoms with Gasteiger partial charge >= 0.3 is 0 Å². The van der Waals surface area contributed by atoms with Gasteiger partial charge < -0.3 is 0 Å². The number of carbonyl (C=O) groups excluding carboxylic acids is 1. The highest BCUT2D eigenvalue weighted by molar-refractivity contribution is 6.42. The fourth-order valence-corrected chi connectivity index (χ4v) is 3.05. The third-order valence-electron chi connectivity index (χ3n) is 4.00. The van der Waals surface area contributed by atoms with Crippen LogP contribution in [0.3, 0.4) is 0 Å². The highest BCUT2D eigenvalue weighted by Gasteiger charge is 2.19. The van der Waals surface area contributed by atoms with Crippen LogP contribution in [0.5, 0.6) is 0 Å². The molecule has 4 aromatic rings. The van der Waals surface area contributed by atoms with Crippen LogP contribution in [0.1, 0.15) is 16.1 Å². The Morgan fingerprint density at radius 1 is 0.731 bits per heavy atom. The average molecular weight is 379 g/mol. The molecule has 0 spiro atoms. The van der Waals surface area contributed by atoms with Crippen molar-refractivity contribution in [2.75, 3.05) is 0 Å². The molecule has 1 aromatic heterocycles. The van der Waals surface area contributed by atoms with Crippen LogP contribution in [0.25, 0.3) is 22.3 Å². The van der Waals surface area contributed by atoms with E-state index < -0.39 is 0 Å². The van der Waals surface area contributed by atoms with E-state index in [0.717, 1.165) is 5.56 Å². The summed E-state index contributed by atoms with van der Waals surface area (Å²) in [5.41, 5.74) is 3.28. The first kappa shape index (κ1) is 16.7. The zero-order valence-corrected chi connectivity index (χ0v) is 15.0. The van der Waals surface area contributed by atoms with Crippen LogP contribution in [0.4, 0.5) is 0 Å². The number of fused-ring (bicyclic) bond motifs is 1. The largest absolute Gasteiger partial charge is 0.287 e. The molecule has 0 unspecified atom stereocenters. The van der Waals surface area contributed by atoms with Crippen molar-refractivity contribution >= 4 is 40.0 Å². The van der Waals surface area contributed by atoms with Gasteiger partial charge in [-0.1, -0.05) is 83.9 Å². The highest BCUT2D eigenvalue weighted by Crippen LogP contribution is 2.30. The van der Waals surface area contributed by atoms with Crippen LogP contribution in [0, 0.1) is 0 Å². The number of nitrogens with zero attached hydrogens (tertiary/aromatic N) is 2. The van der Waals surface area contributed by atoms with Crippen molar-refractivity contribution in [1.82, 2.24) is 9.97 Å². The number of ketones is 1. The molecule has 3 aromatic carbocycles. The zero-order chi connectivity index (χ0) is 18.1. The summed E-state index contributed by atoms with van der Waals surface area (Å²) < 4.78 is 0. The summed E-state index contributed by atoms with van der Waals surface area (Å²) >= 11 is 12.2. The Balaban J connectivity index is 2.00. The lowest BCUT2D eigenvalue weighted by Gasteiger charge is -2.10. The maximum Gasteiger partial charge on any atom is 0.213 e. The molecular formula is C21H12Cl2N2O. The summed E-state index contributed by atoms with van der Waals surface area (Å²) in [7, 11) is 0. The fourth-order valence-electron chi connectivity index (χ4n) is 2.73. The van der Waals surface area contributed by atoms with Crippen LogP contribution in [0.15, 0.2) is 72.8 Å². The van der Waals surface area contributed by atoms with Crippen molar-refractivity contribution in [3.63, 3.8) is 0 Å². The van der Waals surface area contributed by atoms with Crippen molar-refractivity contribution in [2.45, 2.75) is 0 Å². The lowest BCUT2D eigenvalue weighted by molar-refractivity contribution is 0.103. The predicted octanol–water partition coefficient (Wildman–Crippen LogP) is 5.83. The van der Waals surface area contributed by atoms with Crippen LogP contribution >= 0.6 is 23.2 Å². The Labute approximate surface area is 160 Å². The number of halogens is 2. The minimum Gasteiger partial charge on any atom is -0.287 e. The molecule has 0 saturated heterocycles. The van der Waals surface area contributed by atoms with Crippen LogP contribution in [-0.2, 0) is 0 Å². The molecule has 0 radical (unpaired) electrons. The topological polar surface area (TPSA) is 42.9 Å². The van der Waals surface area contributed by atoms with E-state index in [4.69, 9.17) is 23.2 Å². The number of hydrogen-bond acceptors (Lipinski definition) is 3. The molecule has 0 atom stereocenters. The lowest BCUT2D eigenvalue weighted by atomic mass is 10.0. The maximum atomic E-state index is 13.1. The van der Waals surface area contributed by atoms with Gasteiger partial charge in [0, 0.05) is 11.1 Å². The first-order valence-corrected chi connectivity index (χ1v) is 8.71. The Morgan fingerprint density at radius 2 is 1.27 bits per heavy atom. The summed E-state index contributed by atoms with van der Waals surface area (Å²) in [4.78, 5) is 22.3. The highest BCUT2D eigenvalue weighted by atomic mass is 35.5.